The number of fused-ring (bicyclic) bond motifs is 1. The molecular weight excluding hydrogens is 400 g/mol. The molecule has 1 aliphatic carbocycles. The first-order chi connectivity index (χ1) is 15.7. The molecule has 7 heteroatoms. The molecule has 32 heavy (non-hydrogen) atoms. The first-order valence-electron chi connectivity index (χ1n) is 12.0. The molecule has 1 saturated carbocycles. The fraction of sp³-hybridized carbons (Fsp3) is 0.520. The van der Waals surface area contributed by atoms with Crippen LogP contribution in [0.2, 0.25) is 0 Å². The number of nitrogens with one attached hydrogen (secondary N) is 1. The molecule has 2 fully saturated rings. The summed E-state index contributed by atoms with van der Waals surface area (Å²) in [5, 5.41) is 16.8. The Balaban J connectivity index is 1.25. The summed E-state index contributed by atoms with van der Waals surface area (Å²) in [4.78, 5) is 15.1. The van der Waals surface area contributed by atoms with Gasteiger partial charge in [0.15, 0.2) is 11.5 Å². The van der Waals surface area contributed by atoms with Gasteiger partial charge in [-0.3, -0.25) is 4.79 Å². The molecule has 0 spiro atoms. The van der Waals surface area contributed by atoms with Crippen molar-refractivity contribution < 1.29 is 4.79 Å². The first kappa shape index (κ1) is 20.9. The fourth-order valence-electron chi connectivity index (χ4n) is 4.94. The van der Waals surface area contributed by atoms with Crippen LogP contribution in [0.25, 0.3) is 17.0 Å². The van der Waals surface area contributed by atoms with E-state index in [9.17, 15) is 4.79 Å². The third-order valence-electron chi connectivity index (χ3n) is 6.95. The van der Waals surface area contributed by atoms with Gasteiger partial charge in [0.05, 0.1) is 0 Å². The Morgan fingerprint density at radius 1 is 0.906 bits per heavy atom. The number of carbonyl (C=O) groups is 1. The second kappa shape index (κ2) is 9.27. The van der Waals surface area contributed by atoms with Gasteiger partial charge in [-0.15, -0.1) is 15.3 Å². The van der Waals surface area contributed by atoms with Gasteiger partial charge in [0, 0.05) is 30.6 Å². The molecule has 0 unspecified atom stereocenters. The number of benzene rings is 1. The standard InChI is InChI=1S/C25H32N6O/c1-18-8-10-19(11-9-18)24-28-27-22-12-13-23(29-31(22)24)30-16-14-20(15-17-30)25(32)26-21-6-4-2-3-5-7-21/h8-13,20-21H,2-7,14-17H2,1H3,(H,26,32). The first-order valence-corrected chi connectivity index (χ1v) is 12.0. The highest BCUT2D eigenvalue weighted by Crippen LogP contribution is 2.25. The third-order valence-corrected chi connectivity index (χ3v) is 6.95. The lowest BCUT2D eigenvalue weighted by atomic mass is 9.95. The Morgan fingerprint density at radius 3 is 2.34 bits per heavy atom. The summed E-state index contributed by atoms with van der Waals surface area (Å²) >= 11 is 0. The highest BCUT2D eigenvalue weighted by atomic mass is 16.1. The maximum atomic E-state index is 12.8. The predicted molar refractivity (Wildman–Crippen MR) is 126 cm³/mol. The SMILES string of the molecule is Cc1ccc(-c2nnc3ccc(N4CCC(C(=O)NC5CCCCCC5)CC4)nn23)cc1. The van der Waals surface area contributed by atoms with Gasteiger partial charge in [-0.1, -0.05) is 55.5 Å². The Bertz CT molecular complexity index is 1060. The molecule has 168 valence electrons. The number of hydrogen-bond acceptors (Lipinski definition) is 5. The van der Waals surface area contributed by atoms with Crippen molar-refractivity contribution in [2.45, 2.75) is 64.3 Å². The van der Waals surface area contributed by atoms with Gasteiger partial charge < -0.3 is 10.2 Å². The van der Waals surface area contributed by atoms with Gasteiger partial charge in [-0.25, -0.2) is 0 Å². The van der Waals surface area contributed by atoms with Crippen LogP contribution in [0.15, 0.2) is 36.4 Å². The minimum absolute atomic E-state index is 0.108. The second-order valence-electron chi connectivity index (χ2n) is 9.31. The molecule has 0 atom stereocenters. The minimum Gasteiger partial charge on any atom is -0.355 e. The van der Waals surface area contributed by atoms with E-state index in [0.717, 1.165) is 61.6 Å². The molecule has 1 aliphatic heterocycles. The minimum atomic E-state index is 0.108. The smallest absolute Gasteiger partial charge is 0.223 e. The number of rotatable bonds is 4. The highest BCUT2D eigenvalue weighted by molar-refractivity contribution is 5.79. The number of amides is 1. The van der Waals surface area contributed by atoms with Crippen LogP contribution < -0.4 is 10.2 Å². The molecule has 1 amide bonds. The van der Waals surface area contributed by atoms with Gasteiger partial charge in [0.25, 0.3) is 0 Å². The van der Waals surface area contributed by atoms with E-state index in [1.165, 1.54) is 31.2 Å². The van der Waals surface area contributed by atoms with Crippen LogP contribution in [0, 0.1) is 12.8 Å². The van der Waals surface area contributed by atoms with Gasteiger partial charge in [0.1, 0.15) is 5.82 Å². The van der Waals surface area contributed by atoms with Crippen molar-refractivity contribution in [3.8, 4) is 11.4 Å². The van der Waals surface area contributed by atoms with Crippen molar-refractivity contribution in [1.29, 1.82) is 0 Å². The number of carbonyl (C=O) groups excluding carboxylic acids is 1. The summed E-state index contributed by atoms with van der Waals surface area (Å²) in [6.07, 6.45) is 9.10. The van der Waals surface area contributed by atoms with Gasteiger partial charge >= 0.3 is 0 Å². The van der Waals surface area contributed by atoms with Crippen molar-refractivity contribution in [2.24, 2.45) is 5.92 Å². The lowest BCUT2D eigenvalue weighted by Gasteiger charge is -2.32. The monoisotopic (exact) mass is 432 g/mol. The molecule has 3 aromatic rings. The molecule has 2 aliphatic rings. The summed E-state index contributed by atoms with van der Waals surface area (Å²) in [5.41, 5.74) is 2.95. The van der Waals surface area contributed by atoms with Gasteiger partial charge in [0.2, 0.25) is 5.91 Å². The maximum Gasteiger partial charge on any atom is 0.223 e. The molecule has 1 saturated heterocycles. The van der Waals surface area contributed by atoms with Gasteiger partial charge in [-0.2, -0.15) is 4.52 Å². The summed E-state index contributed by atoms with van der Waals surface area (Å²) in [5.74, 6) is 2.02. The molecule has 0 bridgehead atoms. The van der Waals surface area contributed by atoms with E-state index < -0.39 is 0 Å². The van der Waals surface area contributed by atoms with Crippen LogP contribution in [0.5, 0.6) is 0 Å². The van der Waals surface area contributed by atoms with Gasteiger partial charge in [-0.05, 0) is 44.7 Å². The molecular formula is C25H32N6O. The number of aromatic nitrogens is 4. The predicted octanol–water partition coefficient (Wildman–Crippen LogP) is 4.16. The summed E-state index contributed by atoms with van der Waals surface area (Å²) in [6, 6.07) is 12.6. The van der Waals surface area contributed by atoms with E-state index in [1.807, 2.05) is 16.6 Å². The summed E-state index contributed by atoms with van der Waals surface area (Å²) in [6.45, 7) is 3.75. The van der Waals surface area contributed by atoms with E-state index in [4.69, 9.17) is 5.10 Å². The topological polar surface area (TPSA) is 75.4 Å². The lowest BCUT2D eigenvalue weighted by Crippen LogP contribution is -2.44. The number of aryl methyl sites for hydroxylation is 1. The van der Waals surface area contributed by atoms with E-state index >= 15 is 0 Å². The van der Waals surface area contributed by atoms with Crippen molar-refractivity contribution in [1.82, 2.24) is 25.1 Å². The molecule has 1 aromatic carbocycles. The number of hydrogen-bond donors (Lipinski definition) is 1. The van der Waals surface area contributed by atoms with Crippen LogP contribution >= 0.6 is 0 Å². The Morgan fingerprint density at radius 2 is 1.62 bits per heavy atom. The molecule has 0 radical (unpaired) electrons. The largest absolute Gasteiger partial charge is 0.355 e. The third kappa shape index (κ3) is 4.47. The Kier molecular flexibility index (Phi) is 6.06. The number of piperidine rings is 1. The van der Waals surface area contributed by atoms with Crippen LogP contribution in [-0.4, -0.2) is 44.8 Å². The molecule has 7 nitrogen and oxygen atoms in total. The van der Waals surface area contributed by atoms with Crippen molar-refractivity contribution in [3.05, 3.63) is 42.0 Å². The van der Waals surface area contributed by atoms with Crippen molar-refractivity contribution in [2.75, 3.05) is 18.0 Å². The fourth-order valence-corrected chi connectivity index (χ4v) is 4.94. The van der Waals surface area contributed by atoms with Crippen molar-refractivity contribution in [3.63, 3.8) is 0 Å². The molecule has 2 aromatic heterocycles. The van der Waals surface area contributed by atoms with Crippen LogP contribution in [0.4, 0.5) is 5.82 Å². The highest BCUT2D eigenvalue weighted by Gasteiger charge is 2.27. The Hall–Kier alpha value is -2.96. The van der Waals surface area contributed by atoms with E-state index in [1.54, 1.807) is 0 Å². The normalized spacial score (nSPS) is 18.6. The average molecular weight is 433 g/mol. The Labute approximate surface area is 189 Å². The molecule has 3 heterocycles. The van der Waals surface area contributed by atoms with Crippen LogP contribution in [0.1, 0.15) is 56.9 Å². The van der Waals surface area contributed by atoms with E-state index in [0.29, 0.717) is 6.04 Å². The van der Waals surface area contributed by atoms with Crippen LogP contribution in [-0.2, 0) is 4.79 Å². The summed E-state index contributed by atoms with van der Waals surface area (Å²) < 4.78 is 1.82. The maximum absolute atomic E-state index is 12.8. The second-order valence-corrected chi connectivity index (χ2v) is 9.31. The van der Waals surface area contributed by atoms with E-state index in [2.05, 4.69) is 51.6 Å². The zero-order chi connectivity index (χ0) is 21.9. The van der Waals surface area contributed by atoms with E-state index in [-0.39, 0.29) is 11.8 Å². The average Bonchev–Trinajstić information content (AvgIpc) is 3.07. The molecule has 5 rings (SSSR count). The number of anilines is 1. The zero-order valence-electron chi connectivity index (χ0n) is 18.8. The number of nitrogens with zero attached hydrogens (tertiary/aromatic N) is 5. The molecule has 1 N–H and O–H groups in total. The zero-order valence-corrected chi connectivity index (χ0v) is 18.8. The van der Waals surface area contributed by atoms with Crippen LogP contribution in [0.3, 0.4) is 0 Å². The quantitative estimate of drug-likeness (QED) is 0.627. The van der Waals surface area contributed by atoms with Crippen molar-refractivity contribution >= 4 is 17.4 Å². The summed E-state index contributed by atoms with van der Waals surface area (Å²) in [7, 11) is 0. The lowest BCUT2D eigenvalue weighted by molar-refractivity contribution is -0.126.